The summed E-state index contributed by atoms with van der Waals surface area (Å²) in [6, 6.07) is 0. The fraction of sp³-hybridized carbons (Fsp3) is 0.800. The minimum absolute atomic E-state index is 0.00471. The van der Waals surface area contributed by atoms with Gasteiger partial charge in [0.2, 0.25) is 5.91 Å². The lowest BCUT2D eigenvalue weighted by atomic mass is 10.3. The molecule has 88 valence electrons. The fourth-order valence-corrected chi connectivity index (χ4v) is 0.989. The number of methoxy groups -OCH3 is 1. The van der Waals surface area contributed by atoms with E-state index in [2.05, 4.69) is 15.4 Å². The van der Waals surface area contributed by atoms with Crippen LogP contribution in [-0.2, 0) is 14.3 Å². The van der Waals surface area contributed by atoms with Crippen LogP contribution in [0, 0.1) is 0 Å². The van der Waals surface area contributed by atoms with Gasteiger partial charge in [0.15, 0.2) is 0 Å². The Balaban J connectivity index is 3.23. The van der Waals surface area contributed by atoms with Crippen LogP contribution in [0.15, 0.2) is 0 Å². The Labute approximate surface area is 90.6 Å². The van der Waals surface area contributed by atoms with E-state index in [1.54, 1.807) is 0 Å². The van der Waals surface area contributed by atoms with Gasteiger partial charge in [0.25, 0.3) is 0 Å². The third-order valence-corrected chi connectivity index (χ3v) is 1.82. The van der Waals surface area contributed by atoms with Gasteiger partial charge in [-0.3, -0.25) is 9.59 Å². The van der Waals surface area contributed by atoms with Crippen molar-refractivity contribution in [2.45, 2.75) is 26.2 Å². The average Bonchev–Trinajstić information content (AvgIpc) is 2.25. The molecule has 0 spiro atoms. The Hall–Kier alpha value is -1.10. The van der Waals surface area contributed by atoms with E-state index in [0.29, 0.717) is 32.5 Å². The summed E-state index contributed by atoms with van der Waals surface area (Å²) in [6.07, 6.45) is 2.02. The van der Waals surface area contributed by atoms with Crippen LogP contribution in [0.5, 0.6) is 0 Å². The molecule has 15 heavy (non-hydrogen) atoms. The monoisotopic (exact) mass is 216 g/mol. The van der Waals surface area contributed by atoms with Gasteiger partial charge in [-0.15, -0.1) is 0 Å². The van der Waals surface area contributed by atoms with Crippen molar-refractivity contribution < 1.29 is 14.3 Å². The lowest BCUT2D eigenvalue weighted by Crippen LogP contribution is -2.34. The van der Waals surface area contributed by atoms with Crippen LogP contribution in [0.2, 0.25) is 0 Å². The van der Waals surface area contributed by atoms with Crippen molar-refractivity contribution in [3.8, 4) is 0 Å². The largest absolute Gasteiger partial charge is 0.469 e. The number of amides is 1. The lowest BCUT2D eigenvalue weighted by Gasteiger charge is -2.05. The molecule has 0 aromatic carbocycles. The lowest BCUT2D eigenvalue weighted by molar-refractivity contribution is -0.140. The van der Waals surface area contributed by atoms with Crippen LogP contribution in [-0.4, -0.2) is 38.6 Å². The summed E-state index contributed by atoms with van der Waals surface area (Å²) >= 11 is 0. The quantitative estimate of drug-likeness (QED) is 0.444. The average molecular weight is 216 g/mol. The molecule has 0 fully saturated rings. The van der Waals surface area contributed by atoms with Gasteiger partial charge in [-0.05, 0) is 19.4 Å². The van der Waals surface area contributed by atoms with Crippen LogP contribution < -0.4 is 10.6 Å². The Kier molecular flexibility index (Phi) is 8.76. The molecule has 0 bridgehead atoms. The number of carbonyl (C=O) groups is 2. The maximum absolute atomic E-state index is 11.1. The van der Waals surface area contributed by atoms with Crippen molar-refractivity contribution in [1.29, 1.82) is 0 Å². The summed E-state index contributed by atoms with van der Waals surface area (Å²) in [5.41, 5.74) is 0. The van der Waals surface area contributed by atoms with Gasteiger partial charge in [-0.2, -0.15) is 0 Å². The molecule has 5 heteroatoms. The number of hydrogen-bond acceptors (Lipinski definition) is 4. The van der Waals surface area contributed by atoms with Gasteiger partial charge in [-0.25, -0.2) is 0 Å². The summed E-state index contributed by atoms with van der Waals surface area (Å²) in [4.78, 5) is 21.8. The van der Waals surface area contributed by atoms with E-state index >= 15 is 0 Å². The maximum Gasteiger partial charge on any atom is 0.305 e. The molecule has 0 saturated heterocycles. The topological polar surface area (TPSA) is 67.4 Å². The number of ether oxygens (including phenoxy) is 1. The van der Waals surface area contributed by atoms with Crippen molar-refractivity contribution in [2.75, 3.05) is 26.7 Å². The van der Waals surface area contributed by atoms with Gasteiger partial charge < -0.3 is 15.4 Å². The minimum Gasteiger partial charge on any atom is -0.469 e. The molecule has 5 nitrogen and oxygen atoms in total. The highest BCUT2D eigenvalue weighted by Crippen LogP contribution is 1.88. The highest BCUT2D eigenvalue weighted by atomic mass is 16.5. The Morgan fingerprint density at radius 1 is 1.27 bits per heavy atom. The molecule has 2 N–H and O–H groups in total. The fourth-order valence-electron chi connectivity index (χ4n) is 0.989. The van der Waals surface area contributed by atoms with Crippen LogP contribution >= 0.6 is 0 Å². The van der Waals surface area contributed by atoms with Crippen molar-refractivity contribution in [3.05, 3.63) is 0 Å². The standard InChI is InChI=1S/C10H20N2O3/c1-3-6-12-9(13)8-11-7-4-5-10(14)15-2/h11H,3-8H2,1-2H3,(H,12,13). The van der Waals surface area contributed by atoms with E-state index in [1.165, 1.54) is 7.11 Å². The summed E-state index contributed by atoms with van der Waals surface area (Å²) < 4.78 is 4.48. The Morgan fingerprint density at radius 3 is 2.60 bits per heavy atom. The molecule has 0 aliphatic carbocycles. The second-order valence-corrected chi connectivity index (χ2v) is 3.21. The summed E-state index contributed by atoms with van der Waals surface area (Å²) in [7, 11) is 1.37. The molecule has 0 rings (SSSR count). The number of nitrogens with one attached hydrogen (secondary N) is 2. The molecular weight excluding hydrogens is 196 g/mol. The van der Waals surface area contributed by atoms with Crippen LogP contribution in [0.3, 0.4) is 0 Å². The third-order valence-electron chi connectivity index (χ3n) is 1.82. The second kappa shape index (κ2) is 9.45. The summed E-state index contributed by atoms with van der Waals surface area (Å²) in [5.74, 6) is -0.220. The minimum atomic E-state index is -0.216. The molecule has 0 aliphatic heterocycles. The maximum atomic E-state index is 11.1. The van der Waals surface area contributed by atoms with Gasteiger partial charge >= 0.3 is 5.97 Å². The van der Waals surface area contributed by atoms with E-state index in [0.717, 1.165) is 6.42 Å². The first kappa shape index (κ1) is 13.9. The van der Waals surface area contributed by atoms with Crippen molar-refractivity contribution in [2.24, 2.45) is 0 Å². The zero-order valence-electron chi connectivity index (χ0n) is 9.47. The molecular formula is C10H20N2O3. The SMILES string of the molecule is CCCNC(=O)CNCCCC(=O)OC. The highest BCUT2D eigenvalue weighted by Gasteiger charge is 2.01. The van der Waals surface area contributed by atoms with Gasteiger partial charge in [0.05, 0.1) is 13.7 Å². The van der Waals surface area contributed by atoms with Crippen molar-refractivity contribution >= 4 is 11.9 Å². The van der Waals surface area contributed by atoms with Crippen LogP contribution in [0.4, 0.5) is 0 Å². The smallest absolute Gasteiger partial charge is 0.305 e. The molecule has 1 amide bonds. The highest BCUT2D eigenvalue weighted by molar-refractivity contribution is 5.77. The molecule has 0 unspecified atom stereocenters. The first-order chi connectivity index (χ1) is 7.20. The predicted octanol–water partition coefficient (Wildman–Crippen LogP) is 0.0554. The number of rotatable bonds is 8. The van der Waals surface area contributed by atoms with Gasteiger partial charge in [0, 0.05) is 13.0 Å². The molecule has 0 aliphatic rings. The first-order valence-electron chi connectivity index (χ1n) is 5.25. The summed E-state index contributed by atoms with van der Waals surface area (Å²) in [5, 5.41) is 5.70. The van der Waals surface area contributed by atoms with E-state index < -0.39 is 0 Å². The Morgan fingerprint density at radius 2 is 2.00 bits per heavy atom. The normalized spacial score (nSPS) is 9.73. The molecule has 0 atom stereocenters. The van der Waals surface area contributed by atoms with E-state index in [4.69, 9.17) is 0 Å². The number of carbonyl (C=O) groups excluding carboxylic acids is 2. The summed E-state index contributed by atoms with van der Waals surface area (Å²) in [6.45, 7) is 3.67. The molecule has 0 radical (unpaired) electrons. The third kappa shape index (κ3) is 9.21. The number of hydrogen-bond donors (Lipinski definition) is 2. The van der Waals surface area contributed by atoms with Gasteiger partial charge in [0.1, 0.15) is 0 Å². The van der Waals surface area contributed by atoms with Crippen LogP contribution in [0.25, 0.3) is 0 Å². The van der Waals surface area contributed by atoms with Crippen LogP contribution in [0.1, 0.15) is 26.2 Å². The molecule has 0 aromatic heterocycles. The molecule has 0 heterocycles. The number of esters is 1. The second-order valence-electron chi connectivity index (χ2n) is 3.21. The van der Waals surface area contributed by atoms with E-state index in [-0.39, 0.29) is 11.9 Å². The Bertz CT molecular complexity index is 195. The molecule has 0 saturated carbocycles. The van der Waals surface area contributed by atoms with E-state index in [9.17, 15) is 9.59 Å². The zero-order valence-corrected chi connectivity index (χ0v) is 9.47. The zero-order chi connectivity index (χ0) is 11.5. The van der Waals surface area contributed by atoms with Gasteiger partial charge in [-0.1, -0.05) is 6.92 Å². The predicted molar refractivity (Wildman–Crippen MR) is 57.4 cm³/mol. The van der Waals surface area contributed by atoms with Crippen molar-refractivity contribution in [1.82, 2.24) is 10.6 Å². The van der Waals surface area contributed by atoms with E-state index in [1.807, 2.05) is 6.92 Å². The van der Waals surface area contributed by atoms with Crippen molar-refractivity contribution in [3.63, 3.8) is 0 Å². The first-order valence-corrected chi connectivity index (χ1v) is 5.25. The molecule has 0 aromatic rings.